The van der Waals surface area contributed by atoms with Gasteiger partial charge in [-0.15, -0.1) is 0 Å². The van der Waals surface area contributed by atoms with Crippen molar-refractivity contribution in [3.05, 3.63) is 0 Å². The second-order valence-electron chi connectivity index (χ2n) is 4.53. The Kier molecular flexibility index (Phi) is 4.41. The highest BCUT2D eigenvalue weighted by atomic mass is 14.9. The van der Waals surface area contributed by atoms with Crippen molar-refractivity contribution in [1.82, 2.24) is 5.32 Å². The van der Waals surface area contributed by atoms with Gasteiger partial charge in [0.25, 0.3) is 0 Å². The normalized spacial score (nSPS) is 33.4. The first-order chi connectivity index (χ1) is 6.76. The van der Waals surface area contributed by atoms with Crippen LogP contribution in [0.1, 0.15) is 51.9 Å². The molecule has 0 aromatic rings. The summed E-state index contributed by atoms with van der Waals surface area (Å²) in [5.41, 5.74) is -0.220. The second kappa shape index (κ2) is 5.36. The lowest BCUT2D eigenvalue weighted by atomic mass is 9.90. The first kappa shape index (κ1) is 11.5. The Morgan fingerprint density at radius 1 is 1.43 bits per heavy atom. The summed E-state index contributed by atoms with van der Waals surface area (Å²) in [5.74, 6) is 0.864. The van der Waals surface area contributed by atoms with Gasteiger partial charge in [-0.3, -0.25) is 0 Å². The molecule has 2 atom stereocenters. The lowest BCUT2D eigenvalue weighted by molar-refractivity contribution is 0.376. The van der Waals surface area contributed by atoms with E-state index in [1.807, 2.05) is 7.05 Å². The summed E-state index contributed by atoms with van der Waals surface area (Å²) >= 11 is 0. The van der Waals surface area contributed by atoms with E-state index in [-0.39, 0.29) is 5.54 Å². The van der Waals surface area contributed by atoms with E-state index in [0.717, 1.165) is 18.8 Å². The molecule has 80 valence electrons. The zero-order chi connectivity index (χ0) is 10.4. The fraction of sp³-hybridized carbons (Fsp3) is 0.917. The molecule has 1 rings (SSSR count). The predicted molar refractivity (Wildman–Crippen MR) is 58.9 cm³/mol. The maximum atomic E-state index is 9.17. The highest BCUT2D eigenvalue weighted by Gasteiger charge is 2.31. The highest BCUT2D eigenvalue weighted by Crippen LogP contribution is 2.31. The summed E-state index contributed by atoms with van der Waals surface area (Å²) in [6.45, 7) is 2.25. The van der Waals surface area contributed by atoms with Crippen LogP contribution in [0.2, 0.25) is 0 Å². The molecule has 1 aliphatic carbocycles. The quantitative estimate of drug-likeness (QED) is 0.701. The van der Waals surface area contributed by atoms with Crippen molar-refractivity contribution in [2.75, 3.05) is 7.05 Å². The molecule has 0 heterocycles. The molecular weight excluding hydrogens is 172 g/mol. The second-order valence-corrected chi connectivity index (χ2v) is 4.53. The van der Waals surface area contributed by atoms with Crippen molar-refractivity contribution in [1.29, 1.82) is 5.26 Å². The van der Waals surface area contributed by atoms with Crippen LogP contribution in [-0.4, -0.2) is 12.6 Å². The standard InChI is InChI=1S/C12H22N2/c1-3-5-11-6-4-8-12(10-13,14-2)9-7-11/h11,14H,3-9H2,1-2H3. The number of hydrogen-bond donors (Lipinski definition) is 1. The summed E-state index contributed by atoms with van der Waals surface area (Å²) in [6.07, 6.45) is 8.43. The molecule has 0 aromatic carbocycles. The Labute approximate surface area is 87.7 Å². The van der Waals surface area contributed by atoms with Crippen LogP contribution in [0, 0.1) is 17.2 Å². The van der Waals surface area contributed by atoms with Gasteiger partial charge >= 0.3 is 0 Å². The summed E-state index contributed by atoms with van der Waals surface area (Å²) in [7, 11) is 1.92. The largest absolute Gasteiger partial charge is 0.302 e. The van der Waals surface area contributed by atoms with E-state index in [1.54, 1.807) is 0 Å². The molecule has 0 radical (unpaired) electrons. The van der Waals surface area contributed by atoms with Crippen LogP contribution in [0.4, 0.5) is 0 Å². The maximum Gasteiger partial charge on any atom is 0.106 e. The number of nitrogens with zero attached hydrogens (tertiary/aromatic N) is 1. The van der Waals surface area contributed by atoms with E-state index >= 15 is 0 Å². The van der Waals surface area contributed by atoms with Gasteiger partial charge in [-0.1, -0.05) is 32.6 Å². The number of hydrogen-bond acceptors (Lipinski definition) is 2. The molecule has 14 heavy (non-hydrogen) atoms. The first-order valence-corrected chi connectivity index (χ1v) is 5.86. The van der Waals surface area contributed by atoms with Gasteiger partial charge in [-0.05, 0) is 32.2 Å². The summed E-state index contributed by atoms with van der Waals surface area (Å²) in [5, 5.41) is 12.4. The lowest BCUT2D eigenvalue weighted by Crippen LogP contribution is -2.40. The Morgan fingerprint density at radius 3 is 2.79 bits per heavy atom. The van der Waals surface area contributed by atoms with Crippen molar-refractivity contribution in [2.24, 2.45) is 5.92 Å². The van der Waals surface area contributed by atoms with Gasteiger partial charge in [0.05, 0.1) is 6.07 Å². The van der Waals surface area contributed by atoms with Crippen molar-refractivity contribution in [2.45, 2.75) is 57.4 Å². The summed E-state index contributed by atoms with van der Waals surface area (Å²) < 4.78 is 0. The van der Waals surface area contributed by atoms with Gasteiger partial charge in [0, 0.05) is 0 Å². The average Bonchev–Trinajstić information content (AvgIpc) is 2.42. The van der Waals surface area contributed by atoms with E-state index in [1.165, 1.54) is 32.1 Å². The molecule has 0 amide bonds. The van der Waals surface area contributed by atoms with E-state index in [0.29, 0.717) is 0 Å². The van der Waals surface area contributed by atoms with Crippen molar-refractivity contribution in [3.8, 4) is 6.07 Å². The lowest BCUT2D eigenvalue weighted by Gasteiger charge is -2.24. The van der Waals surface area contributed by atoms with Crippen molar-refractivity contribution >= 4 is 0 Å². The van der Waals surface area contributed by atoms with Crippen molar-refractivity contribution < 1.29 is 0 Å². The highest BCUT2D eigenvalue weighted by molar-refractivity contribution is 5.07. The summed E-state index contributed by atoms with van der Waals surface area (Å²) in [6, 6.07) is 2.46. The molecule has 1 aliphatic rings. The van der Waals surface area contributed by atoms with Crippen LogP contribution >= 0.6 is 0 Å². The molecule has 0 bridgehead atoms. The molecule has 0 aliphatic heterocycles. The third-order valence-corrected chi connectivity index (χ3v) is 3.58. The fourth-order valence-corrected chi connectivity index (χ4v) is 2.53. The molecule has 2 unspecified atom stereocenters. The van der Waals surface area contributed by atoms with Gasteiger partial charge in [-0.2, -0.15) is 5.26 Å². The number of rotatable bonds is 3. The van der Waals surface area contributed by atoms with E-state index < -0.39 is 0 Å². The van der Waals surface area contributed by atoms with Crippen LogP contribution < -0.4 is 5.32 Å². The Hall–Kier alpha value is -0.550. The minimum absolute atomic E-state index is 0.220. The van der Waals surface area contributed by atoms with Crippen molar-refractivity contribution in [3.63, 3.8) is 0 Å². The third-order valence-electron chi connectivity index (χ3n) is 3.58. The summed E-state index contributed by atoms with van der Waals surface area (Å²) in [4.78, 5) is 0. The van der Waals surface area contributed by atoms with Crippen LogP contribution in [-0.2, 0) is 0 Å². The monoisotopic (exact) mass is 194 g/mol. The van der Waals surface area contributed by atoms with E-state index in [9.17, 15) is 5.26 Å². The van der Waals surface area contributed by atoms with E-state index in [4.69, 9.17) is 0 Å². The van der Waals surface area contributed by atoms with E-state index in [2.05, 4.69) is 18.3 Å². The molecule has 1 N–H and O–H groups in total. The van der Waals surface area contributed by atoms with Gasteiger partial charge in [0.15, 0.2) is 0 Å². The minimum Gasteiger partial charge on any atom is -0.302 e. The molecule has 1 saturated carbocycles. The molecule has 2 heteroatoms. The number of nitrogens with one attached hydrogen (secondary N) is 1. The van der Waals surface area contributed by atoms with Gasteiger partial charge in [0.2, 0.25) is 0 Å². The topological polar surface area (TPSA) is 35.8 Å². The average molecular weight is 194 g/mol. The molecule has 2 nitrogen and oxygen atoms in total. The first-order valence-electron chi connectivity index (χ1n) is 5.86. The molecule has 0 spiro atoms. The zero-order valence-electron chi connectivity index (χ0n) is 9.47. The van der Waals surface area contributed by atoms with Gasteiger partial charge in [0.1, 0.15) is 5.54 Å². The third kappa shape index (κ3) is 2.72. The van der Waals surface area contributed by atoms with Gasteiger partial charge in [-0.25, -0.2) is 0 Å². The van der Waals surface area contributed by atoms with Crippen LogP contribution in [0.25, 0.3) is 0 Å². The Bertz CT molecular complexity index is 207. The SMILES string of the molecule is CCCC1CCCC(C#N)(NC)CC1. The molecule has 1 fully saturated rings. The smallest absolute Gasteiger partial charge is 0.106 e. The predicted octanol–water partition coefficient (Wildman–Crippen LogP) is 2.85. The van der Waals surface area contributed by atoms with Crippen LogP contribution in [0.3, 0.4) is 0 Å². The Balaban J connectivity index is 2.52. The molecule has 0 saturated heterocycles. The maximum absolute atomic E-state index is 9.17. The van der Waals surface area contributed by atoms with Crippen LogP contribution in [0.15, 0.2) is 0 Å². The zero-order valence-corrected chi connectivity index (χ0v) is 9.47. The minimum atomic E-state index is -0.220. The molecular formula is C12H22N2. The molecule has 0 aromatic heterocycles. The fourth-order valence-electron chi connectivity index (χ4n) is 2.53. The van der Waals surface area contributed by atoms with Crippen LogP contribution in [0.5, 0.6) is 0 Å². The van der Waals surface area contributed by atoms with Gasteiger partial charge < -0.3 is 5.32 Å². The number of nitriles is 1. The Morgan fingerprint density at radius 2 is 2.21 bits per heavy atom.